The fraction of sp³-hybridized carbons (Fsp3) is 0.333. The topological polar surface area (TPSA) is 39.2 Å². The summed E-state index contributed by atoms with van der Waals surface area (Å²) in [6, 6.07) is 1.28. The molecular weight excluding hydrogens is 253 g/mol. The third-order valence-corrected chi connectivity index (χ3v) is 2.29. The Kier molecular flexibility index (Phi) is 4.16. The van der Waals surface area contributed by atoms with Gasteiger partial charge in [-0.3, -0.25) is 4.79 Å². The van der Waals surface area contributed by atoms with Gasteiger partial charge in [0.05, 0.1) is 6.20 Å². The molecule has 0 atom stereocenters. The zero-order valence-electron chi connectivity index (χ0n) is 7.59. The van der Waals surface area contributed by atoms with Gasteiger partial charge in [-0.05, 0) is 27.6 Å². The van der Waals surface area contributed by atoms with E-state index < -0.39 is 5.82 Å². The third-order valence-electron chi connectivity index (χ3n) is 1.57. The van der Waals surface area contributed by atoms with Crippen LogP contribution in [-0.2, 0) is 16.0 Å². The molecule has 76 valence electrons. The number of carbonyl (C=O) groups excluding carboxylic acids is 1. The predicted molar refractivity (Wildman–Crippen MR) is 52.5 cm³/mol. The summed E-state index contributed by atoms with van der Waals surface area (Å²) in [5.41, 5.74) is 0.534. The van der Waals surface area contributed by atoms with Crippen molar-refractivity contribution in [1.82, 2.24) is 4.98 Å². The fourth-order valence-corrected chi connectivity index (χ4v) is 1.37. The molecule has 0 saturated carbocycles. The van der Waals surface area contributed by atoms with E-state index in [1.165, 1.54) is 13.2 Å². The highest BCUT2D eigenvalue weighted by Gasteiger charge is 2.08. The van der Waals surface area contributed by atoms with E-state index in [-0.39, 0.29) is 18.8 Å². The van der Waals surface area contributed by atoms with Crippen molar-refractivity contribution in [2.24, 2.45) is 0 Å². The molecule has 0 aliphatic rings. The maximum atomic E-state index is 12.8. The molecule has 1 rings (SSSR count). The Morgan fingerprint density at radius 1 is 1.71 bits per heavy atom. The SMILES string of the molecule is COCC(=O)Cc1cc(F)cnc1Br. The van der Waals surface area contributed by atoms with Crippen molar-refractivity contribution in [1.29, 1.82) is 0 Å². The average molecular weight is 262 g/mol. The van der Waals surface area contributed by atoms with Gasteiger partial charge in [0.2, 0.25) is 0 Å². The van der Waals surface area contributed by atoms with Crippen LogP contribution >= 0.6 is 15.9 Å². The molecule has 3 nitrogen and oxygen atoms in total. The number of methoxy groups -OCH3 is 1. The number of hydrogen-bond acceptors (Lipinski definition) is 3. The number of pyridine rings is 1. The Bertz CT molecular complexity index is 344. The lowest BCUT2D eigenvalue weighted by Gasteiger charge is -2.02. The highest BCUT2D eigenvalue weighted by Crippen LogP contribution is 2.15. The lowest BCUT2D eigenvalue weighted by molar-refractivity contribution is -0.122. The van der Waals surface area contributed by atoms with Crippen molar-refractivity contribution >= 4 is 21.7 Å². The van der Waals surface area contributed by atoms with E-state index in [4.69, 9.17) is 0 Å². The van der Waals surface area contributed by atoms with Crippen LogP contribution in [0.1, 0.15) is 5.56 Å². The third kappa shape index (κ3) is 3.16. The lowest BCUT2D eigenvalue weighted by Crippen LogP contribution is -2.10. The second-order valence-corrected chi connectivity index (χ2v) is 3.50. The van der Waals surface area contributed by atoms with Crippen LogP contribution in [-0.4, -0.2) is 24.5 Å². The summed E-state index contributed by atoms with van der Waals surface area (Å²) in [5, 5.41) is 0. The van der Waals surface area contributed by atoms with Crippen molar-refractivity contribution in [3.8, 4) is 0 Å². The van der Waals surface area contributed by atoms with Crippen molar-refractivity contribution in [2.45, 2.75) is 6.42 Å². The van der Waals surface area contributed by atoms with Crippen molar-refractivity contribution in [3.05, 3.63) is 28.2 Å². The molecule has 0 bridgehead atoms. The number of ketones is 1. The normalized spacial score (nSPS) is 10.2. The van der Waals surface area contributed by atoms with Gasteiger partial charge >= 0.3 is 0 Å². The van der Waals surface area contributed by atoms with Crippen molar-refractivity contribution in [2.75, 3.05) is 13.7 Å². The molecule has 0 unspecified atom stereocenters. The molecule has 5 heteroatoms. The minimum atomic E-state index is -0.451. The first-order valence-corrected chi connectivity index (χ1v) is 4.73. The molecule has 0 spiro atoms. The first kappa shape index (κ1) is 11.3. The van der Waals surface area contributed by atoms with Crippen LogP contribution in [0.25, 0.3) is 0 Å². The summed E-state index contributed by atoms with van der Waals surface area (Å²) in [5.74, 6) is -0.561. The maximum Gasteiger partial charge on any atom is 0.162 e. The summed E-state index contributed by atoms with van der Waals surface area (Å²) < 4.78 is 17.9. The molecule has 0 N–H and O–H groups in total. The van der Waals surface area contributed by atoms with Crippen LogP contribution in [0, 0.1) is 5.82 Å². The summed E-state index contributed by atoms with van der Waals surface area (Å²) in [7, 11) is 1.44. The van der Waals surface area contributed by atoms with Crippen LogP contribution in [0.5, 0.6) is 0 Å². The van der Waals surface area contributed by atoms with E-state index in [1.807, 2.05) is 0 Å². The second-order valence-electron chi connectivity index (χ2n) is 2.75. The van der Waals surface area contributed by atoms with Gasteiger partial charge in [0.25, 0.3) is 0 Å². The lowest BCUT2D eigenvalue weighted by atomic mass is 10.1. The van der Waals surface area contributed by atoms with Gasteiger partial charge in [-0.1, -0.05) is 0 Å². The maximum absolute atomic E-state index is 12.8. The van der Waals surface area contributed by atoms with Gasteiger partial charge in [-0.25, -0.2) is 9.37 Å². The summed E-state index contributed by atoms with van der Waals surface area (Å²) in [6.45, 7) is 0.0307. The predicted octanol–water partition coefficient (Wildman–Crippen LogP) is 1.74. The number of nitrogens with zero attached hydrogens (tertiary/aromatic N) is 1. The summed E-state index contributed by atoms with van der Waals surface area (Å²) >= 11 is 3.14. The molecule has 0 aromatic carbocycles. The Morgan fingerprint density at radius 3 is 3.07 bits per heavy atom. The standard InChI is InChI=1S/C9H9BrFNO2/c1-14-5-8(13)3-6-2-7(11)4-12-9(6)10/h2,4H,3,5H2,1H3. The molecule has 0 aliphatic heterocycles. The Labute approximate surface area is 89.4 Å². The Balaban J connectivity index is 2.75. The average Bonchev–Trinajstić information content (AvgIpc) is 2.12. The van der Waals surface area contributed by atoms with E-state index in [0.29, 0.717) is 10.2 Å². The van der Waals surface area contributed by atoms with Crippen LogP contribution in [0.15, 0.2) is 16.9 Å². The molecule has 1 heterocycles. The first-order chi connectivity index (χ1) is 6.63. The zero-order chi connectivity index (χ0) is 10.6. The van der Waals surface area contributed by atoms with Crippen LogP contribution < -0.4 is 0 Å². The number of hydrogen-bond donors (Lipinski definition) is 0. The summed E-state index contributed by atoms with van der Waals surface area (Å²) in [6.07, 6.45) is 1.22. The van der Waals surface area contributed by atoms with Crippen molar-refractivity contribution in [3.63, 3.8) is 0 Å². The molecule has 0 fully saturated rings. The number of carbonyl (C=O) groups is 1. The largest absolute Gasteiger partial charge is 0.377 e. The number of Topliss-reactive ketones (excluding diaryl/α,β-unsaturated/α-hetero) is 1. The minimum Gasteiger partial charge on any atom is -0.377 e. The van der Waals surface area contributed by atoms with E-state index in [1.54, 1.807) is 0 Å². The fourth-order valence-electron chi connectivity index (χ4n) is 1.01. The Morgan fingerprint density at radius 2 is 2.43 bits per heavy atom. The monoisotopic (exact) mass is 261 g/mol. The number of ether oxygens (including phenoxy) is 1. The van der Waals surface area contributed by atoms with Gasteiger partial charge in [-0.15, -0.1) is 0 Å². The van der Waals surface area contributed by atoms with E-state index in [2.05, 4.69) is 25.7 Å². The minimum absolute atomic E-state index is 0.0307. The molecule has 1 aromatic heterocycles. The number of halogens is 2. The molecule has 0 radical (unpaired) electrons. The molecule has 1 aromatic rings. The highest BCUT2D eigenvalue weighted by atomic mass is 79.9. The quantitative estimate of drug-likeness (QED) is 0.776. The van der Waals surface area contributed by atoms with E-state index in [0.717, 1.165) is 6.20 Å². The first-order valence-electron chi connectivity index (χ1n) is 3.94. The number of aromatic nitrogens is 1. The van der Waals surface area contributed by atoms with Gasteiger partial charge in [0.1, 0.15) is 17.0 Å². The van der Waals surface area contributed by atoms with Crippen LogP contribution in [0.2, 0.25) is 0 Å². The highest BCUT2D eigenvalue weighted by molar-refractivity contribution is 9.10. The zero-order valence-corrected chi connectivity index (χ0v) is 9.17. The van der Waals surface area contributed by atoms with Gasteiger partial charge < -0.3 is 4.74 Å². The molecular formula is C9H9BrFNO2. The molecule has 0 amide bonds. The smallest absolute Gasteiger partial charge is 0.162 e. The summed E-state index contributed by atoms with van der Waals surface area (Å²) in [4.78, 5) is 14.9. The van der Waals surface area contributed by atoms with Gasteiger partial charge in [-0.2, -0.15) is 0 Å². The molecule has 14 heavy (non-hydrogen) atoms. The molecule has 0 saturated heterocycles. The van der Waals surface area contributed by atoms with Gasteiger partial charge in [0.15, 0.2) is 5.78 Å². The number of rotatable bonds is 4. The Hall–Kier alpha value is -0.810. The molecule has 0 aliphatic carbocycles. The van der Waals surface area contributed by atoms with Gasteiger partial charge in [0, 0.05) is 13.5 Å². The van der Waals surface area contributed by atoms with Crippen molar-refractivity contribution < 1.29 is 13.9 Å². The van der Waals surface area contributed by atoms with Crippen LogP contribution in [0.4, 0.5) is 4.39 Å². The second kappa shape index (κ2) is 5.17. The van der Waals surface area contributed by atoms with E-state index >= 15 is 0 Å². The van der Waals surface area contributed by atoms with E-state index in [9.17, 15) is 9.18 Å². The van der Waals surface area contributed by atoms with Crippen LogP contribution in [0.3, 0.4) is 0 Å².